The third-order valence-corrected chi connectivity index (χ3v) is 2.41. The lowest BCUT2D eigenvalue weighted by molar-refractivity contribution is 0.301. The summed E-state index contributed by atoms with van der Waals surface area (Å²) in [5.41, 5.74) is 1.03. The minimum Gasteiger partial charge on any atom is -0.494 e. The van der Waals surface area contributed by atoms with Crippen LogP contribution in [0.2, 0.25) is 0 Å². The standard InChI is InChI=1S/C14H23NO3/c1-5-16-11-8-13(17-6-2)12(10-15-4)14(9-11)18-7-3/h8-9,15H,5-7,10H2,1-4H3. The van der Waals surface area contributed by atoms with E-state index in [0.29, 0.717) is 26.4 Å². The van der Waals surface area contributed by atoms with Gasteiger partial charge in [0.25, 0.3) is 0 Å². The van der Waals surface area contributed by atoms with E-state index < -0.39 is 0 Å². The molecule has 18 heavy (non-hydrogen) atoms. The molecule has 1 aromatic carbocycles. The van der Waals surface area contributed by atoms with E-state index in [1.807, 2.05) is 40.0 Å². The summed E-state index contributed by atoms with van der Waals surface area (Å²) in [6.45, 7) is 8.48. The van der Waals surface area contributed by atoms with Crippen LogP contribution in [0.1, 0.15) is 26.3 Å². The van der Waals surface area contributed by atoms with E-state index >= 15 is 0 Å². The molecule has 0 aromatic heterocycles. The van der Waals surface area contributed by atoms with Crippen molar-refractivity contribution < 1.29 is 14.2 Å². The van der Waals surface area contributed by atoms with Crippen LogP contribution in [0.4, 0.5) is 0 Å². The van der Waals surface area contributed by atoms with Crippen molar-refractivity contribution in [2.24, 2.45) is 0 Å². The molecule has 0 aliphatic carbocycles. The summed E-state index contributed by atoms with van der Waals surface area (Å²) in [4.78, 5) is 0. The molecule has 102 valence electrons. The van der Waals surface area contributed by atoms with Gasteiger partial charge in [-0.1, -0.05) is 0 Å². The van der Waals surface area contributed by atoms with E-state index in [1.54, 1.807) is 0 Å². The van der Waals surface area contributed by atoms with Gasteiger partial charge in [0.2, 0.25) is 0 Å². The van der Waals surface area contributed by atoms with Crippen LogP contribution < -0.4 is 19.5 Å². The van der Waals surface area contributed by atoms with Crippen LogP contribution in [-0.4, -0.2) is 26.9 Å². The molecular weight excluding hydrogens is 230 g/mol. The molecule has 1 rings (SSSR count). The van der Waals surface area contributed by atoms with Crippen LogP contribution in [0.5, 0.6) is 17.2 Å². The maximum atomic E-state index is 5.66. The third-order valence-electron chi connectivity index (χ3n) is 2.41. The van der Waals surface area contributed by atoms with Crippen molar-refractivity contribution in [3.63, 3.8) is 0 Å². The van der Waals surface area contributed by atoms with Gasteiger partial charge >= 0.3 is 0 Å². The highest BCUT2D eigenvalue weighted by molar-refractivity contribution is 5.50. The van der Waals surface area contributed by atoms with Gasteiger partial charge < -0.3 is 19.5 Å². The number of hydrogen-bond donors (Lipinski definition) is 1. The van der Waals surface area contributed by atoms with E-state index in [-0.39, 0.29) is 0 Å². The van der Waals surface area contributed by atoms with Gasteiger partial charge in [-0.05, 0) is 27.8 Å². The van der Waals surface area contributed by atoms with Crippen LogP contribution in [-0.2, 0) is 6.54 Å². The molecule has 0 bridgehead atoms. The average Bonchev–Trinajstić information content (AvgIpc) is 2.34. The predicted octanol–water partition coefficient (Wildman–Crippen LogP) is 2.60. The predicted molar refractivity (Wildman–Crippen MR) is 72.7 cm³/mol. The van der Waals surface area contributed by atoms with Crippen LogP contribution in [0.25, 0.3) is 0 Å². The Kier molecular flexibility index (Phi) is 6.36. The number of benzene rings is 1. The summed E-state index contributed by atoms with van der Waals surface area (Å²) in [6, 6.07) is 3.84. The fourth-order valence-corrected chi connectivity index (χ4v) is 1.77. The minimum absolute atomic E-state index is 0.623. The zero-order chi connectivity index (χ0) is 13.4. The fourth-order valence-electron chi connectivity index (χ4n) is 1.77. The van der Waals surface area contributed by atoms with Gasteiger partial charge in [0.1, 0.15) is 17.2 Å². The summed E-state index contributed by atoms with van der Waals surface area (Å²) < 4.78 is 16.9. The molecule has 0 aliphatic rings. The summed E-state index contributed by atoms with van der Waals surface area (Å²) in [7, 11) is 1.90. The smallest absolute Gasteiger partial charge is 0.131 e. The lowest BCUT2D eigenvalue weighted by Crippen LogP contribution is -2.10. The first-order valence-electron chi connectivity index (χ1n) is 6.46. The minimum atomic E-state index is 0.623. The Hall–Kier alpha value is -1.42. The van der Waals surface area contributed by atoms with Crippen LogP contribution in [0.3, 0.4) is 0 Å². The van der Waals surface area contributed by atoms with Crippen molar-refractivity contribution in [3.05, 3.63) is 17.7 Å². The second-order valence-corrected chi connectivity index (χ2v) is 3.73. The SMILES string of the molecule is CCOc1cc(OCC)c(CNC)c(OCC)c1. The molecule has 0 radical (unpaired) electrons. The summed E-state index contributed by atoms with van der Waals surface area (Å²) in [5, 5.41) is 3.13. The molecule has 0 saturated heterocycles. The van der Waals surface area contributed by atoms with Crippen molar-refractivity contribution in [2.75, 3.05) is 26.9 Å². The summed E-state index contributed by atoms with van der Waals surface area (Å²) in [5.74, 6) is 2.42. The summed E-state index contributed by atoms with van der Waals surface area (Å²) in [6.07, 6.45) is 0. The molecule has 1 aromatic rings. The third kappa shape index (κ3) is 3.81. The molecule has 1 N–H and O–H groups in total. The second kappa shape index (κ2) is 7.82. The number of hydrogen-bond acceptors (Lipinski definition) is 4. The highest BCUT2D eigenvalue weighted by atomic mass is 16.5. The van der Waals surface area contributed by atoms with Crippen molar-refractivity contribution in [1.82, 2.24) is 5.32 Å². The first-order chi connectivity index (χ1) is 8.76. The van der Waals surface area contributed by atoms with E-state index in [1.165, 1.54) is 0 Å². The van der Waals surface area contributed by atoms with Crippen molar-refractivity contribution in [2.45, 2.75) is 27.3 Å². The normalized spacial score (nSPS) is 10.2. The van der Waals surface area contributed by atoms with Gasteiger partial charge in [-0.25, -0.2) is 0 Å². The highest BCUT2D eigenvalue weighted by Crippen LogP contribution is 2.34. The molecule has 4 nitrogen and oxygen atoms in total. The zero-order valence-corrected chi connectivity index (χ0v) is 11.7. The molecule has 0 heterocycles. The van der Waals surface area contributed by atoms with Gasteiger partial charge in [0.05, 0.1) is 25.4 Å². The van der Waals surface area contributed by atoms with E-state index in [4.69, 9.17) is 14.2 Å². The molecule has 0 amide bonds. The molecule has 0 saturated carbocycles. The molecule has 0 spiro atoms. The molecule has 4 heteroatoms. The Morgan fingerprint density at radius 2 is 1.39 bits per heavy atom. The summed E-state index contributed by atoms with van der Waals surface area (Å²) >= 11 is 0. The van der Waals surface area contributed by atoms with Gasteiger partial charge in [0, 0.05) is 18.7 Å². The first-order valence-corrected chi connectivity index (χ1v) is 6.46. The van der Waals surface area contributed by atoms with Crippen LogP contribution in [0, 0.1) is 0 Å². The Morgan fingerprint density at radius 3 is 1.78 bits per heavy atom. The quantitative estimate of drug-likeness (QED) is 0.773. The van der Waals surface area contributed by atoms with Crippen molar-refractivity contribution in [3.8, 4) is 17.2 Å². The second-order valence-electron chi connectivity index (χ2n) is 3.73. The highest BCUT2D eigenvalue weighted by Gasteiger charge is 2.13. The molecule has 0 fully saturated rings. The van der Waals surface area contributed by atoms with Gasteiger partial charge in [-0.3, -0.25) is 0 Å². The number of ether oxygens (including phenoxy) is 3. The average molecular weight is 253 g/mol. The van der Waals surface area contributed by atoms with Crippen molar-refractivity contribution >= 4 is 0 Å². The van der Waals surface area contributed by atoms with Crippen molar-refractivity contribution in [1.29, 1.82) is 0 Å². The fraction of sp³-hybridized carbons (Fsp3) is 0.571. The molecule has 0 atom stereocenters. The molecule has 0 unspecified atom stereocenters. The topological polar surface area (TPSA) is 39.7 Å². The Morgan fingerprint density at radius 1 is 0.889 bits per heavy atom. The molecule has 0 aliphatic heterocycles. The van der Waals surface area contributed by atoms with Gasteiger partial charge in [0.15, 0.2) is 0 Å². The Labute approximate surface area is 109 Å². The molecular formula is C14H23NO3. The van der Waals surface area contributed by atoms with Crippen LogP contribution >= 0.6 is 0 Å². The van der Waals surface area contributed by atoms with Gasteiger partial charge in [-0.2, -0.15) is 0 Å². The Bertz CT molecular complexity index is 339. The monoisotopic (exact) mass is 253 g/mol. The number of nitrogens with one attached hydrogen (secondary N) is 1. The van der Waals surface area contributed by atoms with E-state index in [9.17, 15) is 0 Å². The van der Waals surface area contributed by atoms with Gasteiger partial charge in [-0.15, -0.1) is 0 Å². The Balaban J connectivity index is 3.15. The maximum Gasteiger partial charge on any atom is 0.131 e. The van der Waals surface area contributed by atoms with E-state index in [2.05, 4.69) is 5.32 Å². The first kappa shape index (κ1) is 14.6. The zero-order valence-electron chi connectivity index (χ0n) is 11.7. The number of rotatable bonds is 8. The largest absolute Gasteiger partial charge is 0.494 e. The lowest BCUT2D eigenvalue weighted by atomic mass is 10.1. The lowest BCUT2D eigenvalue weighted by Gasteiger charge is -2.17. The van der Waals surface area contributed by atoms with Crippen LogP contribution in [0.15, 0.2) is 12.1 Å². The maximum absolute atomic E-state index is 5.66. The van der Waals surface area contributed by atoms with E-state index in [0.717, 1.165) is 22.8 Å².